The highest BCUT2D eigenvalue weighted by atomic mass is 79.9. The number of hydrogen-bond acceptors (Lipinski definition) is 4. The van der Waals surface area contributed by atoms with Crippen molar-refractivity contribution in [3.8, 4) is 0 Å². The molecule has 0 amide bonds. The minimum absolute atomic E-state index is 0.191. The molecule has 3 saturated heterocycles. The van der Waals surface area contributed by atoms with E-state index in [1.807, 2.05) is 6.07 Å². The van der Waals surface area contributed by atoms with Crippen molar-refractivity contribution in [2.75, 3.05) is 24.6 Å². The minimum Gasteiger partial charge on any atom is -0.387 e. The van der Waals surface area contributed by atoms with Crippen LogP contribution in [0.15, 0.2) is 22.7 Å². The number of aliphatic hydroxyl groups is 1. The Labute approximate surface area is 166 Å². The molecule has 25 heavy (non-hydrogen) atoms. The molecule has 1 aromatic rings. The van der Waals surface area contributed by atoms with E-state index in [9.17, 15) is 9.50 Å². The molecule has 2 unspecified atom stereocenters. The maximum Gasteiger partial charge on any atom is 0.128 e. The number of benzene rings is 1. The minimum atomic E-state index is -0.866. The van der Waals surface area contributed by atoms with E-state index in [2.05, 4.69) is 20.8 Å². The van der Waals surface area contributed by atoms with Crippen molar-refractivity contribution in [1.82, 2.24) is 4.90 Å². The van der Waals surface area contributed by atoms with Gasteiger partial charge < -0.3 is 10.0 Å². The van der Waals surface area contributed by atoms with Gasteiger partial charge in [0, 0.05) is 22.6 Å². The van der Waals surface area contributed by atoms with Gasteiger partial charge in [0.25, 0.3) is 0 Å². The summed E-state index contributed by atoms with van der Waals surface area (Å²) in [4.78, 5) is 2.54. The second kappa shape index (κ2) is 7.34. The molecular weight excluding hydrogens is 421 g/mol. The monoisotopic (exact) mass is 445 g/mol. The lowest BCUT2D eigenvalue weighted by Crippen LogP contribution is -2.50. The van der Waals surface area contributed by atoms with Crippen molar-refractivity contribution in [1.29, 1.82) is 0 Å². The Morgan fingerprint density at radius 1 is 1.12 bits per heavy atom. The molecule has 3 aliphatic rings. The van der Waals surface area contributed by atoms with E-state index in [4.69, 9.17) is 0 Å². The first-order valence-corrected chi connectivity index (χ1v) is 12.0. The molecule has 0 radical (unpaired) electrons. The fraction of sp³-hybridized carbons (Fsp3) is 0.684. The van der Waals surface area contributed by atoms with Crippen LogP contribution in [0.3, 0.4) is 0 Å². The average Bonchev–Trinajstić information content (AvgIpc) is 3.02. The Balaban J connectivity index is 1.74. The summed E-state index contributed by atoms with van der Waals surface area (Å²) >= 11 is 7.03. The van der Waals surface area contributed by atoms with Gasteiger partial charge in [-0.3, -0.25) is 0 Å². The summed E-state index contributed by atoms with van der Waals surface area (Å²) in [6, 6.07) is 5.79. The topological polar surface area (TPSA) is 23.5 Å². The normalized spacial score (nSPS) is 33.0. The predicted octanol–water partition coefficient (Wildman–Crippen LogP) is 4.99. The molecule has 1 aromatic carbocycles. The summed E-state index contributed by atoms with van der Waals surface area (Å²) in [5.74, 6) is 1.77. The zero-order valence-corrected chi connectivity index (χ0v) is 17.6. The van der Waals surface area contributed by atoms with Gasteiger partial charge in [-0.05, 0) is 74.8 Å². The zero-order valence-electron chi connectivity index (χ0n) is 14.3. The van der Waals surface area contributed by atoms with Gasteiger partial charge in [0.15, 0.2) is 0 Å². The fourth-order valence-corrected chi connectivity index (χ4v) is 8.76. The van der Waals surface area contributed by atoms with Crippen LogP contribution >= 0.6 is 39.5 Å². The molecule has 0 bridgehead atoms. The molecule has 3 aliphatic heterocycles. The van der Waals surface area contributed by atoms with Gasteiger partial charge in [0.2, 0.25) is 0 Å². The SMILES string of the molecule is OC1(C2(c3cc(Br)ccc3F)SCCCS2)CCC2CCCN2CC1. The van der Waals surface area contributed by atoms with Crippen LogP contribution in [0, 0.1) is 5.82 Å². The average molecular weight is 446 g/mol. The van der Waals surface area contributed by atoms with Gasteiger partial charge in [-0.2, -0.15) is 0 Å². The van der Waals surface area contributed by atoms with Crippen LogP contribution in [-0.2, 0) is 4.08 Å². The molecule has 3 heterocycles. The summed E-state index contributed by atoms with van der Waals surface area (Å²) in [6.07, 6.45) is 6.16. The highest BCUT2D eigenvalue weighted by Crippen LogP contribution is 2.60. The number of thioether (sulfide) groups is 2. The first kappa shape index (κ1) is 18.6. The maximum atomic E-state index is 14.9. The molecule has 4 rings (SSSR count). The number of halogens is 2. The molecule has 6 heteroatoms. The van der Waals surface area contributed by atoms with Crippen LogP contribution in [0.5, 0.6) is 0 Å². The van der Waals surface area contributed by atoms with Gasteiger partial charge in [0.05, 0.1) is 5.60 Å². The molecule has 138 valence electrons. The van der Waals surface area contributed by atoms with Crippen molar-refractivity contribution in [3.05, 3.63) is 34.1 Å². The molecule has 2 atom stereocenters. The second-order valence-corrected chi connectivity index (χ2v) is 11.2. The Morgan fingerprint density at radius 2 is 1.92 bits per heavy atom. The number of fused-ring (bicyclic) bond motifs is 1. The van der Waals surface area contributed by atoms with Gasteiger partial charge >= 0.3 is 0 Å². The third-order valence-electron chi connectivity index (χ3n) is 6.00. The molecule has 3 fully saturated rings. The predicted molar refractivity (Wildman–Crippen MR) is 109 cm³/mol. The second-order valence-electron chi connectivity index (χ2n) is 7.44. The van der Waals surface area contributed by atoms with E-state index < -0.39 is 9.68 Å². The van der Waals surface area contributed by atoms with Crippen molar-refractivity contribution >= 4 is 39.5 Å². The third kappa shape index (κ3) is 3.31. The van der Waals surface area contributed by atoms with Crippen LogP contribution in [0.4, 0.5) is 4.39 Å². The Hall–Kier alpha value is 0.250. The van der Waals surface area contributed by atoms with Gasteiger partial charge in [-0.15, -0.1) is 23.5 Å². The molecule has 0 aliphatic carbocycles. The van der Waals surface area contributed by atoms with Gasteiger partial charge in [-0.25, -0.2) is 4.39 Å². The van der Waals surface area contributed by atoms with Crippen LogP contribution < -0.4 is 0 Å². The third-order valence-corrected chi connectivity index (χ3v) is 10.2. The maximum absolute atomic E-state index is 14.9. The lowest BCUT2D eigenvalue weighted by molar-refractivity contribution is 0.0109. The van der Waals surface area contributed by atoms with Crippen molar-refractivity contribution in [2.45, 2.75) is 54.2 Å². The van der Waals surface area contributed by atoms with Crippen LogP contribution in [0.25, 0.3) is 0 Å². The Morgan fingerprint density at radius 3 is 2.72 bits per heavy atom. The first-order valence-electron chi connectivity index (χ1n) is 9.24. The first-order chi connectivity index (χ1) is 12.0. The summed E-state index contributed by atoms with van der Waals surface area (Å²) in [5, 5.41) is 11.9. The lowest BCUT2D eigenvalue weighted by Gasteiger charge is -2.48. The zero-order chi connectivity index (χ0) is 17.5. The highest BCUT2D eigenvalue weighted by molar-refractivity contribution is 9.10. The highest BCUT2D eigenvalue weighted by Gasteiger charge is 2.55. The van der Waals surface area contributed by atoms with Crippen LogP contribution in [0.1, 0.15) is 44.1 Å². The largest absolute Gasteiger partial charge is 0.387 e. The smallest absolute Gasteiger partial charge is 0.128 e. The molecular formula is C19H25BrFNOS2. The summed E-state index contributed by atoms with van der Waals surface area (Å²) in [5.41, 5.74) is -0.199. The quantitative estimate of drug-likeness (QED) is 0.692. The number of hydrogen-bond donors (Lipinski definition) is 1. The van der Waals surface area contributed by atoms with Gasteiger partial charge in [0.1, 0.15) is 9.90 Å². The molecule has 0 saturated carbocycles. The molecule has 1 N–H and O–H groups in total. The van der Waals surface area contributed by atoms with Crippen molar-refractivity contribution in [2.24, 2.45) is 0 Å². The molecule has 0 aromatic heterocycles. The van der Waals surface area contributed by atoms with Crippen molar-refractivity contribution < 1.29 is 9.50 Å². The Bertz CT molecular complexity index is 624. The standard InChI is InChI=1S/C19H25BrFNOS2/c20-14-4-5-17(21)16(13-14)19(24-11-2-12-25-19)18(23)7-6-15-3-1-9-22(15)10-8-18/h4-5,13,15,23H,1-3,6-12H2. The fourth-order valence-electron chi connectivity index (χ4n) is 4.66. The lowest BCUT2D eigenvalue weighted by atomic mass is 9.85. The Kier molecular flexibility index (Phi) is 5.47. The van der Waals surface area contributed by atoms with E-state index in [-0.39, 0.29) is 5.82 Å². The van der Waals surface area contributed by atoms with E-state index in [0.717, 1.165) is 54.8 Å². The number of rotatable bonds is 2. The van der Waals surface area contributed by atoms with E-state index in [1.165, 1.54) is 18.9 Å². The molecule has 0 spiro atoms. The van der Waals surface area contributed by atoms with E-state index >= 15 is 0 Å². The van der Waals surface area contributed by atoms with E-state index in [0.29, 0.717) is 11.6 Å². The summed E-state index contributed by atoms with van der Waals surface area (Å²) in [7, 11) is 0. The molecule has 2 nitrogen and oxygen atoms in total. The van der Waals surface area contributed by atoms with Gasteiger partial charge in [-0.1, -0.05) is 15.9 Å². The number of nitrogens with zero attached hydrogens (tertiary/aromatic N) is 1. The van der Waals surface area contributed by atoms with E-state index in [1.54, 1.807) is 29.6 Å². The van der Waals surface area contributed by atoms with Crippen LogP contribution in [0.2, 0.25) is 0 Å². The van der Waals surface area contributed by atoms with Crippen LogP contribution in [-0.4, -0.2) is 46.2 Å². The summed E-state index contributed by atoms with van der Waals surface area (Å²) in [6.45, 7) is 2.08. The van der Waals surface area contributed by atoms with Crippen molar-refractivity contribution in [3.63, 3.8) is 0 Å². The summed E-state index contributed by atoms with van der Waals surface area (Å²) < 4.78 is 15.2.